The van der Waals surface area contributed by atoms with E-state index in [1.165, 1.54) is 0 Å². The van der Waals surface area contributed by atoms with Crippen molar-refractivity contribution < 1.29 is 14.7 Å². The van der Waals surface area contributed by atoms with E-state index in [4.69, 9.17) is 5.11 Å². The Bertz CT molecular complexity index is 261. The van der Waals surface area contributed by atoms with Gasteiger partial charge in [-0.3, -0.25) is 4.79 Å². The van der Waals surface area contributed by atoms with Gasteiger partial charge in [0, 0.05) is 5.92 Å². The number of carbonyl (C=O) groups excluding carboxylic acids is 1. The zero-order valence-electron chi connectivity index (χ0n) is 10.0. The van der Waals surface area contributed by atoms with Crippen molar-refractivity contribution in [3.05, 3.63) is 0 Å². The molecule has 1 rings (SSSR count). The van der Waals surface area contributed by atoms with E-state index in [0.717, 1.165) is 25.7 Å². The lowest BCUT2D eigenvalue weighted by Crippen LogP contribution is -2.43. The van der Waals surface area contributed by atoms with Gasteiger partial charge >= 0.3 is 5.97 Å². The monoisotopic (exact) mass is 227 g/mol. The molecule has 0 spiro atoms. The van der Waals surface area contributed by atoms with Gasteiger partial charge in [0.15, 0.2) is 0 Å². The molecule has 1 aliphatic carbocycles. The van der Waals surface area contributed by atoms with E-state index in [0.29, 0.717) is 12.3 Å². The van der Waals surface area contributed by atoms with Gasteiger partial charge in [-0.05, 0) is 25.2 Å². The van der Waals surface area contributed by atoms with Crippen LogP contribution in [-0.2, 0) is 9.59 Å². The van der Waals surface area contributed by atoms with E-state index in [2.05, 4.69) is 5.32 Å². The number of carboxylic acid groups (broad SMARTS) is 1. The van der Waals surface area contributed by atoms with Crippen molar-refractivity contribution >= 4 is 11.9 Å². The fourth-order valence-electron chi connectivity index (χ4n) is 1.78. The maximum absolute atomic E-state index is 11.7. The summed E-state index contributed by atoms with van der Waals surface area (Å²) in [6, 6.07) is -0.714. The van der Waals surface area contributed by atoms with Crippen molar-refractivity contribution in [2.75, 3.05) is 0 Å². The first kappa shape index (κ1) is 13.0. The highest BCUT2D eigenvalue weighted by atomic mass is 16.4. The zero-order chi connectivity index (χ0) is 12.1. The molecule has 0 saturated heterocycles. The summed E-state index contributed by atoms with van der Waals surface area (Å²) in [5.74, 6) is -0.597. The Labute approximate surface area is 96.4 Å². The lowest BCUT2D eigenvalue weighted by molar-refractivity contribution is -0.142. The molecule has 92 valence electrons. The van der Waals surface area contributed by atoms with Crippen LogP contribution in [0, 0.1) is 11.8 Å². The summed E-state index contributed by atoms with van der Waals surface area (Å²) in [4.78, 5) is 22.7. The zero-order valence-corrected chi connectivity index (χ0v) is 10.0. The molecular weight excluding hydrogens is 206 g/mol. The average molecular weight is 227 g/mol. The van der Waals surface area contributed by atoms with Crippen LogP contribution in [0.25, 0.3) is 0 Å². The smallest absolute Gasteiger partial charge is 0.326 e. The standard InChI is InChI=1S/C12H21NO3/c1-3-4-5-10(12(15)16)13-11(14)8(2)9-6-7-9/h8-10H,3-7H2,1-2H3,(H,13,14)(H,15,16)/t8?,10-/m0/s1. The minimum Gasteiger partial charge on any atom is -0.480 e. The first-order chi connectivity index (χ1) is 7.56. The lowest BCUT2D eigenvalue weighted by Gasteiger charge is -2.17. The fraction of sp³-hybridized carbons (Fsp3) is 0.833. The van der Waals surface area contributed by atoms with E-state index in [1.807, 2.05) is 13.8 Å². The Kier molecular flexibility index (Phi) is 4.77. The quantitative estimate of drug-likeness (QED) is 0.697. The predicted molar refractivity (Wildman–Crippen MR) is 61.0 cm³/mol. The number of rotatable bonds is 7. The molecule has 2 atom stereocenters. The Morgan fingerprint density at radius 3 is 2.50 bits per heavy atom. The van der Waals surface area contributed by atoms with Crippen molar-refractivity contribution in [1.29, 1.82) is 0 Å². The molecule has 1 unspecified atom stereocenters. The highest BCUT2D eigenvalue weighted by Crippen LogP contribution is 2.36. The first-order valence-electron chi connectivity index (χ1n) is 6.09. The second-order valence-electron chi connectivity index (χ2n) is 4.67. The van der Waals surface area contributed by atoms with Crippen molar-refractivity contribution in [1.82, 2.24) is 5.32 Å². The van der Waals surface area contributed by atoms with Gasteiger partial charge in [-0.25, -0.2) is 4.79 Å². The van der Waals surface area contributed by atoms with Gasteiger partial charge in [0.2, 0.25) is 5.91 Å². The van der Waals surface area contributed by atoms with Crippen LogP contribution in [-0.4, -0.2) is 23.0 Å². The van der Waals surface area contributed by atoms with Gasteiger partial charge in [-0.1, -0.05) is 26.7 Å². The third-order valence-electron chi connectivity index (χ3n) is 3.20. The van der Waals surface area contributed by atoms with Gasteiger partial charge in [0.1, 0.15) is 6.04 Å². The van der Waals surface area contributed by atoms with Gasteiger partial charge < -0.3 is 10.4 Å². The molecule has 0 aromatic carbocycles. The summed E-state index contributed by atoms with van der Waals surface area (Å²) in [5, 5.41) is 11.6. The number of nitrogens with one attached hydrogen (secondary N) is 1. The molecule has 1 aliphatic rings. The lowest BCUT2D eigenvalue weighted by atomic mass is 10.0. The highest BCUT2D eigenvalue weighted by Gasteiger charge is 2.34. The largest absolute Gasteiger partial charge is 0.480 e. The van der Waals surface area contributed by atoms with Crippen LogP contribution >= 0.6 is 0 Å². The van der Waals surface area contributed by atoms with Gasteiger partial charge in [0.25, 0.3) is 0 Å². The highest BCUT2D eigenvalue weighted by molar-refractivity contribution is 5.85. The third-order valence-corrected chi connectivity index (χ3v) is 3.20. The number of carbonyl (C=O) groups is 2. The summed E-state index contributed by atoms with van der Waals surface area (Å²) in [7, 11) is 0. The molecule has 1 saturated carbocycles. The molecule has 0 aromatic heterocycles. The maximum Gasteiger partial charge on any atom is 0.326 e. The summed E-state index contributed by atoms with van der Waals surface area (Å²) in [6.45, 7) is 3.89. The number of aliphatic carboxylic acids is 1. The molecule has 4 heteroatoms. The second kappa shape index (κ2) is 5.87. The second-order valence-corrected chi connectivity index (χ2v) is 4.67. The Morgan fingerprint density at radius 2 is 2.06 bits per heavy atom. The van der Waals surface area contributed by atoms with Crippen LogP contribution in [0.1, 0.15) is 46.0 Å². The summed E-state index contributed by atoms with van der Waals surface area (Å²) < 4.78 is 0. The molecule has 0 aliphatic heterocycles. The number of carboxylic acids is 1. The predicted octanol–water partition coefficient (Wildman–Crippen LogP) is 1.79. The SMILES string of the molecule is CCCC[C@H](NC(=O)C(C)C1CC1)C(=O)O. The van der Waals surface area contributed by atoms with E-state index < -0.39 is 12.0 Å². The van der Waals surface area contributed by atoms with E-state index in [9.17, 15) is 9.59 Å². The summed E-state index contributed by atoms with van der Waals surface area (Å²) in [6.07, 6.45) is 4.49. The van der Waals surface area contributed by atoms with Crippen molar-refractivity contribution in [2.24, 2.45) is 11.8 Å². The number of unbranched alkanes of at least 4 members (excludes halogenated alkanes) is 1. The maximum atomic E-state index is 11.7. The van der Waals surface area contributed by atoms with Crippen molar-refractivity contribution in [2.45, 2.75) is 52.0 Å². The number of hydrogen-bond donors (Lipinski definition) is 2. The minimum atomic E-state index is -0.926. The van der Waals surface area contributed by atoms with Gasteiger partial charge in [-0.2, -0.15) is 0 Å². The minimum absolute atomic E-state index is 0.0384. The van der Waals surface area contributed by atoms with Crippen LogP contribution in [0.5, 0.6) is 0 Å². The van der Waals surface area contributed by atoms with Crippen LogP contribution in [0.15, 0.2) is 0 Å². The molecule has 16 heavy (non-hydrogen) atoms. The van der Waals surface area contributed by atoms with Crippen LogP contribution in [0.2, 0.25) is 0 Å². The molecule has 4 nitrogen and oxygen atoms in total. The van der Waals surface area contributed by atoms with Gasteiger partial charge in [0.05, 0.1) is 0 Å². The van der Waals surface area contributed by atoms with E-state index in [1.54, 1.807) is 0 Å². The Balaban J connectivity index is 2.40. The van der Waals surface area contributed by atoms with E-state index >= 15 is 0 Å². The molecular formula is C12H21NO3. The number of hydrogen-bond acceptors (Lipinski definition) is 2. The Hall–Kier alpha value is -1.06. The molecule has 1 fully saturated rings. The molecule has 0 heterocycles. The first-order valence-corrected chi connectivity index (χ1v) is 6.09. The summed E-state index contributed by atoms with van der Waals surface area (Å²) in [5.41, 5.74) is 0. The topological polar surface area (TPSA) is 66.4 Å². The van der Waals surface area contributed by atoms with Crippen molar-refractivity contribution in [3.8, 4) is 0 Å². The molecule has 0 aromatic rings. The van der Waals surface area contributed by atoms with E-state index in [-0.39, 0.29) is 11.8 Å². The van der Waals surface area contributed by atoms with Crippen LogP contribution in [0.3, 0.4) is 0 Å². The molecule has 0 radical (unpaired) electrons. The summed E-state index contributed by atoms with van der Waals surface area (Å²) >= 11 is 0. The normalized spacial score (nSPS) is 18.9. The van der Waals surface area contributed by atoms with Crippen LogP contribution < -0.4 is 5.32 Å². The average Bonchev–Trinajstić information content (AvgIpc) is 3.05. The van der Waals surface area contributed by atoms with Crippen LogP contribution in [0.4, 0.5) is 0 Å². The number of amides is 1. The van der Waals surface area contributed by atoms with Crippen molar-refractivity contribution in [3.63, 3.8) is 0 Å². The molecule has 1 amide bonds. The third kappa shape index (κ3) is 3.83. The molecule has 2 N–H and O–H groups in total. The fourth-order valence-corrected chi connectivity index (χ4v) is 1.78. The van der Waals surface area contributed by atoms with Gasteiger partial charge in [-0.15, -0.1) is 0 Å². The molecule has 0 bridgehead atoms. The Morgan fingerprint density at radius 1 is 1.44 bits per heavy atom.